The number of rotatable bonds is 8. The van der Waals surface area contributed by atoms with Crippen LogP contribution in [0.1, 0.15) is 12.8 Å². The van der Waals surface area contributed by atoms with Crippen LogP contribution < -0.4 is 10.1 Å². The highest BCUT2D eigenvalue weighted by atomic mass is 35.5. The number of aromatic nitrogens is 2. The Labute approximate surface area is 172 Å². The largest absolute Gasteiger partial charge is 0.497 e. The molecule has 152 valence electrons. The summed E-state index contributed by atoms with van der Waals surface area (Å²) >= 11 is 6.07. The molecule has 10 heteroatoms. The second kappa shape index (κ2) is 9.06. The summed E-state index contributed by atoms with van der Waals surface area (Å²) in [5, 5.41) is 10.5. The van der Waals surface area contributed by atoms with Crippen molar-refractivity contribution in [3.8, 4) is 17.2 Å². The second-order valence-corrected chi connectivity index (χ2v) is 8.55. The Kier molecular flexibility index (Phi) is 6.50. The highest BCUT2D eigenvalue weighted by Gasteiger charge is 2.17. The van der Waals surface area contributed by atoms with Crippen LogP contribution >= 0.6 is 11.6 Å². The minimum Gasteiger partial charge on any atom is -0.497 e. The number of nitrogens with one attached hydrogen (secondary N) is 1. The van der Waals surface area contributed by atoms with Gasteiger partial charge in [0.25, 0.3) is 5.89 Å². The summed E-state index contributed by atoms with van der Waals surface area (Å²) in [5.41, 5.74) is 0.549. The molecule has 1 N–H and O–H groups in total. The van der Waals surface area contributed by atoms with E-state index in [1.165, 1.54) is 19.2 Å². The maximum atomic E-state index is 12.3. The van der Waals surface area contributed by atoms with Gasteiger partial charge in [0.2, 0.25) is 5.91 Å². The number of ether oxygens (including phenoxy) is 1. The maximum absolute atomic E-state index is 12.3. The second-order valence-electron chi connectivity index (χ2n) is 6.04. The number of halogens is 1. The molecular formula is C19H18ClN3O5S. The fourth-order valence-electron chi connectivity index (χ4n) is 2.52. The number of hydrogen-bond acceptors (Lipinski definition) is 7. The van der Waals surface area contributed by atoms with Crippen molar-refractivity contribution in [3.05, 3.63) is 53.6 Å². The van der Waals surface area contributed by atoms with Crippen LogP contribution in [0.2, 0.25) is 5.02 Å². The van der Waals surface area contributed by atoms with Gasteiger partial charge in [-0.25, -0.2) is 8.42 Å². The Hall–Kier alpha value is -2.91. The average molecular weight is 436 g/mol. The molecule has 0 aliphatic heterocycles. The van der Waals surface area contributed by atoms with Gasteiger partial charge >= 0.3 is 6.01 Å². The van der Waals surface area contributed by atoms with Crippen molar-refractivity contribution < 1.29 is 22.4 Å². The Bertz CT molecular complexity index is 1100. The summed E-state index contributed by atoms with van der Waals surface area (Å²) in [7, 11) is -1.99. The van der Waals surface area contributed by atoms with Crippen molar-refractivity contribution in [2.75, 3.05) is 18.2 Å². The van der Waals surface area contributed by atoms with Crippen LogP contribution in [0.5, 0.6) is 5.75 Å². The van der Waals surface area contributed by atoms with Crippen LogP contribution in [0.15, 0.2) is 57.8 Å². The van der Waals surface area contributed by atoms with Crippen LogP contribution in [-0.2, 0) is 14.6 Å². The van der Waals surface area contributed by atoms with E-state index in [9.17, 15) is 13.2 Å². The van der Waals surface area contributed by atoms with E-state index >= 15 is 0 Å². The molecule has 0 saturated carbocycles. The number of sulfone groups is 1. The smallest absolute Gasteiger partial charge is 0.322 e. The summed E-state index contributed by atoms with van der Waals surface area (Å²) < 4.78 is 35.1. The zero-order valence-electron chi connectivity index (χ0n) is 15.5. The zero-order chi connectivity index (χ0) is 20.9. The fraction of sp³-hybridized carbons (Fsp3) is 0.211. The van der Waals surface area contributed by atoms with Gasteiger partial charge in [0.1, 0.15) is 5.75 Å². The molecule has 0 fully saturated rings. The Balaban J connectivity index is 1.53. The summed E-state index contributed by atoms with van der Waals surface area (Å²) in [6, 6.07) is 13.0. The van der Waals surface area contributed by atoms with Gasteiger partial charge in [0.05, 0.1) is 28.3 Å². The first-order chi connectivity index (χ1) is 13.9. The number of anilines is 1. The number of carbonyl (C=O) groups excluding carboxylic acids is 1. The van der Waals surface area contributed by atoms with Crippen LogP contribution in [0.3, 0.4) is 0 Å². The molecule has 2 aromatic carbocycles. The molecule has 1 heterocycles. The summed E-state index contributed by atoms with van der Waals surface area (Å²) in [5.74, 6) is 0.151. The first-order valence-electron chi connectivity index (χ1n) is 8.64. The van der Waals surface area contributed by atoms with Gasteiger partial charge in [-0.05, 0) is 42.8 Å². The standard InChI is InChI=1S/C19H18ClN3O5S/c1-27-13-8-10-14(11-9-13)29(25,26)12-4-7-17(24)21-19-23-22-18(28-19)15-5-2-3-6-16(15)20/h2-3,5-6,8-11H,4,7,12H2,1H3,(H,21,23,24). The molecular weight excluding hydrogens is 418 g/mol. The van der Waals surface area contributed by atoms with E-state index in [2.05, 4.69) is 15.5 Å². The Morgan fingerprint density at radius 1 is 1.14 bits per heavy atom. The molecule has 8 nitrogen and oxygen atoms in total. The first kappa shape index (κ1) is 20.8. The highest BCUT2D eigenvalue weighted by molar-refractivity contribution is 7.91. The third-order valence-corrected chi connectivity index (χ3v) is 6.16. The molecule has 0 aliphatic rings. The van der Waals surface area contributed by atoms with Gasteiger partial charge in [-0.1, -0.05) is 28.8 Å². The van der Waals surface area contributed by atoms with Crippen LogP contribution in [0.25, 0.3) is 11.5 Å². The maximum Gasteiger partial charge on any atom is 0.322 e. The lowest BCUT2D eigenvalue weighted by molar-refractivity contribution is -0.116. The minimum atomic E-state index is -3.49. The molecule has 0 radical (unpaired) electrons. The normalized spacial score (nSPS) is 11.2. The minimum absolute atomic E-state index is 0.0147. The predicted octanol–water partition coefficient (Wildman–Crippen LogP) is 3.59. The van der Waals surface area contributed by atoms with Crippen LogP contribution in [0.4, 0.5) is 6.01 Å². The summed E-state index contributed by atoms with van der Waals surface area (Å²) in [6.07, 6.45) is 0.130. The number of methoxy groups -OCH3 is 1. The molecule has 0 aliphatic carbocycles. The van der Waals surface area contributed by atoms with Crippen molar-refractivity contribution in [1.29, 1.82) is 0 Å². The number of benzene rings is 2. The average Bonchev–Trinajstić information content (AvgIpc) is 3.16. The molecule has 0 unspecified atom stereocenters. The van der Waals surface area contributed by atoms with Crippen molar-refractivity contribution in [2.24, 2.45) is 0 Å². The molecule has 29 heavy (non-hydrogen) atoms. The highest BCUT2D eigenvalue weighted by Crippen LogP contribution is 2.27. The molecule has 3 aromatic rings. The monoisotopic (exact) mass is 435 g/mol. The molecule has 0 bridgehead atoms. The fourth-order valence-corrected chi connectivity index (χ4v) is 4.05. The van der Waals surface area contributed by atoms with Crippen molar-refractivity contribution >= 4 is 33.4 Å². The van der Waals surface area contributed by atoms with E-state index in [4.69, 9.17) is 20.8 Å². The van der Waals surface area contributed by atoms with Crippen LogP contribution in [-0.4, -0.2) is 37.4 Å². The lowest BCUT2D eigenvalue weighted by atomic mass is 10.2. The molecule has 0 atom stereocenters. The Morgan fingerprint density at radius 2 is 1.86 bits per heavy atom. The third kappa shape index (κ3) is 5.33. The van der Waals surface area contributed by atoms with Crippen molar-refractivity contribution in [1.82, 2.24) is 10.2 Å². The van der Waals surface area contributed by atoms with Gasteiger partial charge in [0.15, 0.2) is 9.84 Å². The topological polar surface area (TPSA) is 111 Å². The van der Waals surface area contributed by atoms with E-state index < -0.39 is 15.7 Å². The SMILES string of the molecule is COc1ccc(S(=O)(=O)CCCC(=O)Nc2nnc(-c3ccccc3Cl)o2)cc1. The third-order valence-electron chi connectivity index (χ3n) is 4.01. The van der Waals surface area contributed by atoms with Gasteiger partial charge < -0.3 is 9.15 Å². The lowest BCUT2D eigenvalue weighted by Gasteiger charge is -2.05. The van der Waals surface area contributed by atoms with Gasteiger partial charge in [-0.15, -0.1) is 5.10 Å². The molecule has 3 rings (SSSR count). The quantitative estimate of drug-likeness (QED) is 0.575. The molecule has 1 aromatic heterocycles. The number of carbonyl (C=O) groups is 1. The van der Waals surface area contributed by atoms with E-state index in [1.807, 2.05) is 0 Å². The van der Waals surface area contributed by atoms with E-state index in [-0.39, 0.29) is 35.4 Å². The number of hydrogen-bond donors (Lipinski definition) is 1. The van der Waals surface area contributed by atoms with E-state index in [0.717, 1.165) is 0 Å². The first-order valence-corrected chi connectivity index (χ1v) is 10.7. The predicted molar refractivity (Wildman–Crippen MR) is 108 cm³/mol. The molecule has 0 spiro atoms. The summed E-state index contributed by atoms with van der Waals surface area (Å²) in [6.45, 7) is 0. The summed E-state index contributed by atoms with van der Waals surface area (Å²) in [4.78, 5) is 12.2. The Morgan fingerprint density at radius 3 is 2.55 bits per heavy atom. The molecule has 0 saturated heterocycles. The van der Waals surface area contributed by atoms with Gasteiger partial charge in [0, 0.05) is 6.42 Å². The van der Waals surface area contributed by atoms with E-state index in [1.54, 1.807) is 36.4 Å². The van der Waals surface area contributed by atoms with Gasteiger partial charge in [-0.2, -0.15) is 0 Å². The number of amides is 1. The zero-order valence-corrected chi connectivity index (χ0v) is 17.0. The molecule has 1 amide bonds. The lowest BCUT2D eigenvalue weighted by Crippen LogP contribution is -2.14. The number of nitrogens with zero attached hydrogens (tertiary/aromatic N) is 2. The van der Waals surface area contributed by atoms with Crippen molar-refractivity contribution in [3.63, 3.8) is 0 Å². The van der Waals surface area contributed by atoms with Gasteiger partial charge in [-0.3, -0.25) is 10.1 Å². The van der Waals surface area contributed by atoms with Crippen molar-refractivity contribution in [2.45, 2.75) is 17.7 Å². The van der Waals surface area contributed by atoms with Crippen LogP contribution in [0, 0.1) is 0 Å². The van der Waals surface area contributed by atoms with E-state index in [0.29, 0.717) is 16.3 Å².